The first-order valence-electron chi connectivity index (χ1n) is 15.0. The Balaban J connectivity index is 1.30. The number of benzene rings is 2. The first-order valence-corrected chi connectivity index (χ1v) is 15.0. The zero-order chi connectivity index (χ0) is 32.9. The molecular weight excluding hydrogens is 607 g/mol. The number of hydrogen-bond acceptors (Lipinski definition) is 11. The fourth-order valence-electron chi connectivity index (χ4n) is 5.37. The van der Waals surface area contributed by atoms with Gasteiger partial charge in [0.15, 0.2) is 11.5 Å². The van der Waals surface area contributed by atoms with Crippen LogP contribution in [0, 0.1) is 6.92 Å². The molecule has 4 heterocycles. The summed E-state index contributed by atoms with van der Waals surface area (Å²) in [6, 6.07) is 10.4. The molecule has 1 aliphatic heterocycles. The second-order valence-corrected chi connectivity index (χ2v) is 11.1. The second kappa shape index (κ2) is 14.0. The van der Waals surface area contributed by atoms with Gasteiger partial charge in [-0.05, 0) is 63.2 Å². The summed E-state index contributed by atoms with van der Waals surface area (Å²) in [5, 5.41) is 10.7. The summed E-state index contributed by atoms with van der Waals surface area (Å²) in [5.74, 6) is 0.696. The number of carbonyl (C=O) groups excluding carboxylic acids is 1. The molecule has 2 N–H and O–H groups in total. The summed E-state index contributed by atoms with van der Waals surface area (Å²) in [5.41, 5.74) is 2.90. The summed E-state index contributed by atoms with van der Waals surface area (Å²) < 4.78 is 39.6. The lowest BCUT2D eigenvalue weighted by atomic mass is 10.1. The lowest BCUT2D eigenvalue weighted by Gasteiger charge is -2.18. The van der Waals surface area contributed by atoms with Gasteiger partial charge < -0.3 is 29.6 Å². The summed E-state index contributed by atoms with van der Waals surface area (Å²) in [7, 11) is 5.03. The van der Waals surface area contributed by atoms with E-state index in [9.17, 15) is 4.79 Å². The average molecular weight is 643 g/mol. The summed E-state index contributed by atoms with van der Waals surface area (Å²) >= 11 is 0. The number of likely N-dealkylation sites (N-methyl/N-ethyl adjacent to an activating group) is 1. The Morgan fingerprint density at radius 1 is 1.04 bits per heavy atom. The molecule has 0 radical (unpaired) electrons. The van der Waals surface area contributed by atoms with Crippen molar-refractivity contribution in [1.82, 2.24) is 29.5 Å². The number of likely N-dealkylation sites (tertiary alicyclic amines) is 1. The summed E-state index contributed by atoms with van der Waals surface area (Å²) in [6.07, 6.45) is 7.76. The number of nitrogens with one attached hydrogen (secondary N) is 2. The molecule has 0 saturated carbocycles. The van der Waals surface area contributed by atoms with Crippen molar-refractivity contribution in [3.05, 3.63) is 72.7 Å². The van der Waals surface area contributed by atoms with Gasteiger partial charge in [-0.1, -0.05) is 0 Å². The first-order chi connectivity index (χ1) is 22.8. The molecule has 1 unspecified atom stereocenters. The molecule has 14 heteroatoms. The van der Waals surface area contributed by atoms with E-state index >= 15 is 4.39 Å². The Labute approximate surface area is 270 Å². The molecule has 1 saturated heterocycles. The van der Waals surface area contributed by atoms with Crippen LogP contribution < -0.4 is 24.8 Å². The van der Waals surface area contributed by atoms with Gasteiger partial charge in [-0.15, -0.1) is 0 Å². The molecule has 0 spiro atoms. The maximum Gasteiger partial charge on any atom is 0.284 e. The van der Waals surface area contributed by atoms with Crippen molar-refractivity contribution in [1.29, 1.82) is 0 Å². The van der Waals surface area contributed by atoms with Crippen LogP contribution in [0.5, 0.6) is 23.0 Å². The zero-order valence-electron chi connectivity index (χ0n) is 26.5. The van der Waals surface area contributed by atoms with Gasteiger partial charge in [0.2, 0.25) is 0 Å². The van der Waals surface area contributed by atoms with E-state index in [-0.39, 0.29) is 18.3 Å². The predicted molar refractivity (Wildman–Crippen MR) is 174 cm³/mol. The fraction of sp³-hybridized carbons (Fsp3) is 0.303. The highest BCUT2D eigenvalue weighted by molar-refractivity contribution is 6.05. The second-order valence-electron chi connectivity index (χ2n) is 11.1. The monoisotopic (exact) mass is 642 g/mol. The van der Waals surface area contributed by atoms with E-state index in [4.69, 9.17) is 18.9 Å². The van der Waals surface area contributed by atoms with Gasteiger partial charge in [-0.3, -0.25) is 9.69 Å². The van der Waals surface area contributed by atoms with Crippen LogP contribution in [-0.2, 0) is 9.53 Å². The number of nitrogens with zero attached hydrogens (tertiary/aromatic N) is 6. The van der Waals surface area contributed by atoms with Crippen molar-refractivity contribution in [2.45, 2.75) is 25.8 Å². The molecule has 1 aliphatic rings. The number of amides is 1. The number of anilines is 3. The van der Waals surface area contributed by atoms with Gasteiger partial charge in [-0.2, -0.15) is 5.10 Å². The Hall–Kier alpha value is -5.34. The SMILES string of the molecule is COCCOc1cc2ncnc(Nc3cc(C)c(Oc4ccn5ncnc5c4)cc3OC)c2cc1NC(=O)/C(F)=C/C1CCCN1C. The Kier molecular flexibility index (Phi) is 9.40. The van der Waals surface area contributed by atoms with E-state index in [2.05, 4.69) is 30.7 Å². The number of pyridine rings is 1. The molecule has 13 nitrogen and oxygen atoms in total. The van der Waals surface area contributed by atoms with Gasteiger partial charge in [0, 0.05) is 42.9 Å². The van der Waals surface area contributed by atoms with Crippen molar-refractivity contribution in [2.24, 2.45) is 0 Å². The minimum atomic E-state index is -0.872. The normalized spacial score (nSPS) is 15.3. The summed E-state index contributed by atoms with van der Waals surface area (Å²) in [6.45, 7) is 3.30. The quantitative estimate of drug-likeness (QED) is 0.133. The topological polar surface area (TPSA) is 137 Å². The van der Waals surface area contributed by atoms with Gasteiger partial charge in [0.1, 0.15) is 48.1 Å². The van der Waals surface area contributed by atoms with Crippen molar-refractivity contribution < 1.29 is 28.1 Å². The van der Waals surface area contributed by atoms with E-state index in [0.29, 0.717) is 57.7 Å². The number of carbonyl (C=O) groups is 1. The zero-order valence-corrected chi connectivity index (χ0v) is 26.5. The van der Waals surface area contributed by atoms with E-state index in [1.807, 2.05) is 24.9 Å². The molecule has 3 aromatic heterocycles. The maximum atomic E-state index is 15.1. The Morgan fingerprint density at radius 2 is 1.91 bits per heavy atom. The number of halogens is 1. The van der Waals surface area contributed by atoms with E-state index in [1.165, 1.54) is 18.7 Å². The molecule has 0 bridgehead atoms. The molecule has 0 aliphatic carbocycles. The Bertz CT molecular complexity index is 1950. The van der Waals surface area contributed by atoms with Gasteiger partial charge in [0.05, 0.1) is 30.6 Å². The van der Waals surface area contributed by atoms with Gasteiger partial charge in [-0.25, -0.2) is 23.9 Å². The van der Waals surface area contributed by atoms with Crippen LogP contribution in [0.4, 0.5) is 21.6 Å². The highest BCUT2D eigenvalue weighted by Crippen LogP contribution is 2.39. The molecule has 1 atom stereocenters. The van der Waals surface area contributed by atoms with Crippen molar-refractivity contribution in [3.8, 4) is 23.0 Å². The van der Waals surface area contributed by atoms with Crippen LogP contribution in [0.2, 0.25) is 0 Å². The molecule has 1 fully saturated rings. The van der Waals surface area contributed by atoms with Crippen molar-refractivity contribution in [3.63, 3.8) is 0 Å². The molecule has 2 aromatic carbocycles. The van der Waals surface area contributed by atoms with Crippen LogP contribution in [0.25, 0.3) is 16.6 Å². The van der Waals surface area contributed by atoms with Crippen LogP contribution in [-0.4, -0.2) is 82.4 Å². The molecule has 6 rings (SSSR count). The predicted octanol–water partition coefficient (Wildman–Crippen LogP) is 5.44. The minimum Gasteiger partial charge on any atom is -0.494 e. The highest BCUT2D eigenvalue weighted by atomic mass is 19.1. The van der Waals surface area contributed by atoms with Crippen LogP contribution in [0.1, 0.15) is 18.4 Å². The van der Waals surface area contributed by atoms with Crippen molar-refractivity contribution in [2.75, 3.05) is 51.7 Å². The molecule has 1 amide bonds. The smallest absolute Gasteiger partial charge is 0.284 e. The summed E-state index contributed by atoms with van der Waals surface area (Å²) in [4.78, 5) is 28.1. The average Bonchev–Trinajstić information content (AvgIpc) is 3.70. The highest BCUT2D eigenvalue weighted by Gasteiger charge is 2.23. The van der Waals surface area contributed by atoms with E-state index in [0.717, 1.165) is 24.9 Å². The molecule has 47 heavy (non-hydrogen) atoms. The molecular formula is C33H35FN8O5. The van der Waals surface area contributed by atoms with Gasteiger partial charge >= 0.3 is 0 Å². The standard InChI is InChI=1S/C33H35FN8O5/c1-20-12-26(29(45-4)17-28(20)47-22-7-9-42-31(14-22)36-19-38-42)39-32-23-15-27(30(46-11-10-44-3)16-25(23)35-18-37-32)40-33(43)24(34)13-21-6-5-8-41(21)2/h7,9,12-19,21H,5-6,8,10-11H2,1-4H3,(H,40,43)(H,35,37,39)/b24-13-. The number of fused-ring (bicyclic) bond motifs is 2. The lowest BCUT2D eigenvalue weighted by Crippen LogP contribution is -2.24. The third kappa shape index (κ3) is 7.08. The van der Waals surface area contributed by atoms with Crippen LogP contribution >= 0.6 is 0 Å². The fourth-order valence-corrected chi connectivity index (χ4v) is 5.37. The number of methoxy groups -OCH3 is 2. The van der Waals surface area contributed by atoms with Crippen LogP contribution in [0.3, 0.4) is 0 Å². The van der Waals surface area contributed by atoms with Crippen LogP contribution in [0.15, 0.2) is 67.2 Å². The van der Waals surface area contributed by atoms with Gasteiger partial charge in [0.25, 0.3) is 5.91 Å². The molecule has 5 aromatic rings. The number of aromatic nitrogens is 5. The van der Waals surface area contributed by atoms with E-state index in [1.54, 1.807) is 55.3 Å². The minimum absolute atomic E-state index is 0.133. The maximum absolute atomic E-state index is 15.1. The first kappa shape index (κ1) is 31.6. The van der Waals surface area contributed by atoms with E-state index < -0.39 is 11.7 Å². The third-order valence-electron chi connectivity index (χ3n) is 7.89. The number of aryl methyl sites for hydroxylation is 1. The van der Waals surface area contributed by atoms with Crippen molar-refractivity contribution >= 4 is 39.6 Å². The number of rotatable bonds is 12. The Morgan fingerprint density at radius 3 is 2.70 bits per heavy atom. The largest absolute Gasteiger partial charge is 0.494 e. The number of ether oxygens (including phenoxy) is 4. The lowest BCUT2D eigenvalue weighted by molar-refractivity contribution is -0.114. The number of hydrogen-bond donors (Lipinski definition) is 2. The third-order valence-corrected chi connectivity index (χ3v) is 7.89. The molecule has 244 valence electrons.